The van der Waals surface area contributed by atoms with Crippen LogP contribution in [0.2, 0.25) is 0 Å². The van der Waals surface area contributed by atoms with Crippen molar-refractivity contribution < 1.29 is 9.90 Å². The number of aryl methyl sites for hydroxylation is 1. The van der Waals surface area contributed by atoms with E-state index in [9.17, 15) is 4.79 Å². The Morgan fingerprint density at radius 3 is 3.00 bits per heavy atom. The summed E-state index contributed by atoms with van der Waals surface area (Å²) in [6.07, 6.45) is 2.52. The summed E-state index contributed by atoms with van der Waals surface area (Å²) in [5, 5.41) is 11.7. The molecule has 0 saturated carbocycles. The van der Waals surface area contributed by atoms with Gasteiger partial charge in [-0.05, 0) is 24.1 Å². The van der Waals surface area contributed by atoms with Gasteiger partial charge < -0.3 is 5.11 Å². The van der Waals surface area contributed by atoms with Gasteiger partial charge in [0, 0.05) is 22.0 Å². The number of aliphatic hydroxyl groups excluding tert-OH is 1. The smallest absolute Gasteiger partial charge is 0.251 e. The first-order valence-electron chi connectivity index (χ1n) is 5.69. The van der Waals surface area contributed by atoms with Crippen LogP contribution in [0, 0.1) is 6.92 Å². The molecule has 0 aliphatic heterocycles. The molecule has 1 amide bonds. The molecule has 2 aromatic rings. The fourth-order valence-corrected chi connectivity index (χ4v) is 2.73. The van der Waals surface area contributed by atoms with Gasteiger partial charge in [0.15, 0.2) is 5.13 Å². The van der Waals surface area contributed by atoms with E-state index < -0.39 is 12.5 Å². The Kier molecular flexibility index (Phi) is 4.68. The second kappa shape index (κ2) is 6.27. The van der Waals surface area contributed by atoms with Gasteiger partial charge in [-0.15, -0.1) is 11.3 Å². The molecule has 100 valence electrons. The SMILES string of the molecule is Cc1cc(Cc2cnc(NC(=O)CO)s2)ccc1Br. The number of benzene rings is 1. The number of nitrogens with one attached hydrogen (secondary N) is 1. The van der Waals surface area contributed by atoms with Crippen LogP contribution >= 0.6 is 27.3 Å². The van der Waals surface area contributed by atoms with E-state index in [0.717, 1.165) is 15.8 Å². The van der Waals surface area contributed by atoms with Crippen molar-refractivity contribution in [1.29, 1.82) is 0 Å². The van der Waals surface area contributed by atoms with Crippen LogP contribution in [-0.4, -0.2) is 22.6 Å². The second-order valence-corrected chi connectivity index (χ2v) is 6.07. The van der Waals surface area contributed by atoms with E-state index in [1.165, 1.54) is 22.5 Å². The predicted molar refractivity (Wildman–Crippen MR) is 79.5 cm³/mol. The van der Waals surface area contributed by atoms with E-state index in [1.807, 2.05) is 13.0 Å². The average molecular weight is 341 g/mol. The number of rotatable bonds is 4. The summed E-state index contributed by atoms with van der Waals surface area (Å²) in [6.45, 7) is 1.52. The molecule has 0 radical (unpaired) electrons. The Bertz CT molecular complexity index is 598. The van der Waals surface area contributed by atoms with Gasteiger partial charge in [0.05, 0.1) is 0 Å². The lowest BCUT2D eigenvalue weighted by molar-refractivity contribution is -0.118. The van der Waals surface area contributed by atoms with Gasteiger partial charge >= 0.3 is 0 Å². The summed E-state index contributed by atoms with van der Waals surface area (Å²) in [4.78, 5) is 16.2. The fourth-order valence-electron chi connectivity index (χ4n) is 1.62. The van der Waals surface area contributed by atoms with Crippen molar-refractivity contribution >= 4 is 38.3 Å². The summed E-state index contributed by atoms with van der Waals surface area (Å²) in [7, 11) is 0. The number of nitrogens with zero attached hydrogens (tertiary/aromatic N) is 1. The molecule has 2 rings (SSSR count). The maximum atomic E-state index is 11.0. The Morgan fingerprint density at radius 2 is 2.32 bits per heavy atom. The average Bonchev–Trinajstić information content (AvgIpc) is 2.81. The molecule has 1 aromatic heterocycles. The number of aromatic nitrogens is 1. The van der Waals surface area contributed by atoms with E-state index in [4.69, 9.17) is 5.11 Å². The van der Waals surface area contributed by atoms with Crippen molar-refractivity contribution in [3.05, 3.63) is 44.9 Å². The molecule has 0 aliphatic rings. The summed E-state index contributed by atoms with van der Waals surface area (Å²) in [5.41, 5.74) is 2.39. The molecule has 1 heterocycles. The number of carbonyl (C=O) groups excluding carboxylic acids is 1. The number of carbonyl (C=O) groups is 1. The minimum absolute atomic E-state index is 0.444. The van der Waals surface area contributed by atoms with Crippen molar-refractivity contribution in [3.63, 3.8) is 0 Å². The van der Waals surface area contributed by atoms with E-state index in [1.54, 1.807) is 6.20 Å². The van der Waals surface area contributed by atoms with Crippen LogP contribution in [0.3, 0.4) is 0 Å². The maximum absolute atomic E-state index is 11.0. The molecule has 1 aromatic carbocycles. The third kappa shape index (κ3) is 3.86. The van der Waals surface area contributed by atoms with E-state index >= 15 is 0 Å². The van der Waals surface area contributed by atoms with Crippen molar-refractivity contribution in [2.24, 2.45) is 0 Å². The Balaban J connectivity index is 2.07. The van der Waals surface area contributed by atoms with Crippen LogP contribution < -0.4 is 5.32 Å². The van der Waals surface area contributed by atoms with Crippen molar-refractivity contribution in [3.8, 4) is 0 Å². The first-order chi connectivity index (χ1) is 9.08. The van der Waals surface area contributed by atoms with Gasteiger partial charge in [-0.25, -0.2) is 4.98 Å². The summed E-state index contributed by atoms with van der Waals surface area (Å²) < 4.78 is 1.09. The number of thiazole rings is 1. The lowest BCUT2D eigenvalue weighted by atomic mass is 10.1. The van der Waals surface area contributed by atoms with Gasteiger partial charge in [0.2, 0.25) is 0 Å². The minimum atomic E-state index is -0.527. The molecular formula is C13H13BrN2O2S. The monoisotopic (exact) mass is 340 g/mol. The van der Waals surface area contributed by atoms with Crippen molar-refractivity contribution in [2.45, 2.75) is 13.3 Å². The lowest BCUT2D eigenvalue weighted by Gasteiger charge is -2.02. The largest absolute Gasteiger partial charge is 0.387 e. The highest BCUT2D eigenvalue weighted by atomic mass is 79.9. The number of amides is 1. The zero-order valence-corrected chi connectivity index (χ0v) is 12.7. The summed E-state index contributed by atoms with van der Waals surface area (Å²) in [6, 6.07) is 6.21. The standard InChI is InChI=1S/C13H13BrN2O2S/c1-8-4-9(2-3-11(8)14)5-10-6-15-13(19-10)16-12(18)7-17/h2-4,6,17H,5,7H2,1H3,(H,15,16,18). The number of hydrogen-bond acceptors (Lipinski definition) is 4. The number of hydrogen-bond donors (Lipinski definition) is 2. The number of anilines is 1. The maximum Gasteiger partial charge on any atom is 0.251 e. The van der Waals surface area contributed by atoms with Crippen LogP contribution in [0.25, 0.3) is 0 Å². The highest BCUT2D eigenvalue weighted by molar-refractivity contribution is 9.10. The molecule has 4 nitrogen and oxygen atoms in total. The topological polar surface area (TPSA) is 62.2 Å². The molecule has 0 aliphatic carbocycles. The summed E-state index contributed by atoms with van der Waals surface area (Å²) in [5.74, 6) is -0.444. The molecule has 6 heteroatoms. The third-order valence-electron chi connectivity index (χ3n) is 2.54. The summed E-state index contributed by atoms with van der Waals surface area (Å²) >= 11 is 4.89. The zero-order chi connectivity index (χ0) is 13.8. The third-order valence-corrected chi connectivity index (χ3v) is 4.35. The Hall–Kier alpha value is -1.24. The first-order valence-corrected chi connectivity index (χ1v) is 7.30. The molecule has 0 atom stereocenters. The quantitative estimate of drug-likeness (QED) is 0.899. The van der Waals surface area contributed by atoms with Crippen LogP contribution in [0.4, 0.5) is 5.13 Å². The fraction of sp³-hybridized carbons (Fsp3) is 0.231. The van der Waals surface area contributed by atoms with Gasteiger partial charge in [-0.1, -0.05) is 28.1 Å². The lowest BCUT2D eigenvalue weighted by Crippen LogP contribution is -2.14. The predicted octanol–water partition coefficient (Wildman–Crippen LogP) is 2.74. The van der Waals surface area contributed by atoms with Gasteiger partial charge in [-0.3, -0.25) is 10.1 Å². The second-order valence-electron chi connectivity index (χ2n) is 4.10. The van der Waals surface area contributed by atoms with Gasteiger partial charge in [0.1, 0.15) is 6.61 Å². The van der Waals surface area contributed by atoms with Gasteiger partial charge in [-0.2, -0.15) is 0 Å². The number of halogens is 1. The molecule has 0 saturated heterocycles. The molecular weight excluding hydrogens is 328 g/mol. The van der Waals surface area contributed by atoms with E-state index in [0.29, 0.717) is 5.13 Å². The number of aliphatic hydroxyl groups is 1. The Labute approximate surface area is 123 Å². The minimum Gasteiger partial charge on any atom is -0.387 e. The van der Waals surface area contributed by atoms with Gasteiger partial charge in [0.25, 0.3) is 5.91 Å². The van der Waals surface area contributed by atoms with E-state index in [2.05, 4.69) is 38.4 Å². The van der Waals surface area contributed by atoms with Crippen molar-refractivity contribution in [2.75, 3.05) is 11.9 Å². The van der Waals surface area contributed by atoms with Crippen LogP contribution in [0.5, 0.6) is 0 Å². The highest BCUT2D eigenvalue weighted by Crippen LogP contribution is 2.23. The van der Waals surface area contributed by atoms with E-state index in [-0.39, 0.29) is 0 Å². The van der Waals surface area contributed by atoms with Crippen molar-refractivity contribution in [1.82, 2.24) is 4.98 Å². The molecule has 0 spiro atoms. The molecule has 19 heavy (non-hydrogen) atoms. The van der Waals surface area contributed by atoms with Crippen LogP contribution in [0.15, 0.2) is 28.9 Å². The van der Waals surface area contributed by atoms with Crippen LogP contribution in [-0.2, 0) is 11.2 Å². The molecule has 0 unspecified atom stereocenters. The normalized spacial score (nSPS) is 10.5. The Morgan fingerprint density at radius 1 is 1.53 bits per heavy atom. The zero-order valence-electron chi connectivity index (χ0n) is 10.3. The van der Waals surface area contributed by atoms with Crippen LogP contribution in [0.1, 0.15) is 16.0 Å². The molecule has 0 fully saturated rings. The highest BCUT2D eigenvalue weighted by Gasteiger charge is 2.06. The molecule has 0 bridgehead atoms. The molecule has 2 N–H and O–H groups in total. The first kappa shape index (κ1) is 14.2.